The van der Waals surface area contributed by atoms with E-state index >= 15 is 0 Å². The maximum absolute atomic E-state index is 6.14. The molecule has 7 heteroatoms. The number of fused-ring (bicyclic) bond motifs is 1. The number of aromatic nitrogens is 3. The lowest BCUT2D eigenvalue weighted by atomic mass is 10.0. The number of rotatable bonds is 4. The molecule has 2 heterocycles. The highest BCUT2D eigenvalue weighted by Gasteiger charge is 2.17. The second kappa shape index (κ2) is 7.23. The Balaban J connectivity index is 1.59. The van der Waals surface area contributed by atoms with Crippen LogP contribution < -0.4 is 4.74 Å². The second-order valence-electron chi connectivity index (χ2n) is 6.34. The molecular formula is C19H19ClN4OS. The van der Waals surface area contributed by atoms with Crippen LogP contribution in [-0.2, 0) is 19.6 Å². The first kappa shape index (κ1) is 17.3. The molecule has 0 aliphatic carbocycles. The molecule has 5 nitrogen and oxygen atoms in total. The van der Waals surface area contributed by atoms with E-state index in [4.69, 9.17) is 28.6 Å². The van der Waals surface area contributed by atoms with Gasteiger partial charge in [0, 0.05) is 18.1 Å². The van der Waals surface area contributed by atoms with Gasteiger partial charge in [0.15, 0.2) is 5.82 Å². The highest BCUT2D eigenvalue weighted by Crippen LogP contribution is 2.30. The van der Waals surface area contributed by atoms with Crippen molar-refractivity contribution in [2.45, 2.75) is 19.6 Å². The fourth-order valence-electron chi connectivity index (χ4n) is 3.31. The van der Waals surface area contributed by atoms with Gasteiger partial charge in [0.1, 0.15) is 5.75 Å². The number of aromatic amines is 1. The van der Waals surface area contributed by atoms with E-state index in [0.29, 0.717) is 28.0 Å². The number of hydrogen-bond acceptors (Lipinski definition) is 4. The van der Waals surface area contributed by atoms with Crippen molar-refractivity contribution >= 4 is 23.8 Å². The molecule has 1 aliphatic rings. The SMILES string of the molecule is COc1ccc(Cl)cc1-c1nc(=S)n(CN2CCc3ccccc3C2)[nH]1. The molecular weight excluding hydrogens is 368 g/mol. The van der Waals surface area contributed by atoms with E-state index in [1.54, 1.807) is 13.2 Å². The number of H-pyrrole nitrogens is 1. The van der Waals surface area contributed by atoms with Gasteiger partial charge in [-0.25, -0.2) is 4.68 Å². The van der Waals surface area contributed by atoms with Crippen LogP contribution in [-0.4, -0.2) is 33.3 Å². The van der Waals surface area contributed by atoms with Gasteiger partial charge in [0.2, 0.25) is 4.77 Å². The maximum Gasteiger partial charge on any atom is 0.217 e. The Labute approximate surface area is 162 Å². The quantitative estimate of drug-likeness (QED) is 0.679. The molecule has 26 heavy (non-hydrogen) atoms. The van der Waals surface area contributed by atoms with Gasteiger partial charge in [-0.15, -0.1) is 0 Å². The van der Waals surface area contributed by atoms with E-state index in [-0.39, 0.29) is 0 Å². The van der Waals surface area contributed by atoms with E-state index < -0.39 is 0 Å². The molecule has 0 saturated heterocycles. The highest BCUT2D eigenvalue weighted by molar-refractivity contribution is 7.71. The lowest BCUT2D eigenvalue weighted by Gasteiger charge is -2.28. The van der Waals surface area contributed by atoms with E-state index in [0.717, 1.165) is 25.1 Å². The number of benzene rings is 2. The van der Waals surface area contributed by atoms with Crippen molar-refractivity contribution < 1.29 is 4.74 Å². The van der Waals surface area contributed by atoms with Gasteiger partial charge >= 0.3 is 0 Å². The van der Waals surface area contributed by atoms with E-state index in [1.165, 1.54) is 11.1 Å². The average molecular weight is 387 g/mol. The van der Waals surface area contributed by atoms with Crippen LogP contribution in [0.5, 0.6) is 5.75 Å². The van der Waals surface area contributed by atoms with E-state index in [9.17, 15) is 0 Å². The minimum atomic E-state index is 0.515. The van der Waals surface area contributed by atoms with Crippen LogP contribution in [0, 0.1) is 4.77 Å². The summed E-state index contributed by atoms with van der Waals surface area (Å²) in [5.74, 6) is 1.36. The second-order valence-corrected chi connectivity index (χ2v) is 7.14. The zero-order chi connectivity index (χ0) is 18.1. The van der Waals surface area contributed by atoms with Crippen LogP contribution in [0.15, 0.2) is 42.5 Å². The number of nitrogens with one attached hydrogen (secondary N) is 1. The van der Waals surface area contributed by atoms with Crippen LogP contribution in [0.4, 0.5) is 0 Å². The van der Waals surface area contributed by atoms with Gasteiger partial charge < -0.3 is 4.74 Å². The molecule has 0 saturated carbocycles. The fourth-order valence-corrected chi connectivity index (χ4v) is 3.68. The Morgan fingerprint density at radius 3 is 2.85 bits per heavy atom. The molecule has 0 amide bonds. The first-order valence-electron chi connectivity index (χ1n) is 8.44. The van der Waals surface area contributed by atoms with Crippen molar-refractivity contribution in [1.82, 2.24) is 19.7 Å². The molecule has 0 unspecified atom stereocenters. The Hall–Kier alpha value is -2.15. The Kier molecular flexibility index (Phi) is 4.80. The minimum absolute atomic E-state index is 0.515. The van der Waals surface area contributed by atoms with Crippen molar-refractivity contribution in [3.63, 3.8) is 0 Å². The summed E-state index contributed by atoms with van der Waals surface area (Å²) in [6.07, 6.45) is 1.05. The Morgan fingerprint density at radius 1 is 1.23 bits per heavy atom. The largest absolute Gasteiger partial charge is 0.496 e. The van der Waals surface area contributed by atoms with Crippen LogP contribution in [0.3, 0.4) is 0 Å². The zero-order valence-electron chi connectivity index (χ0n) is 14.4. The fraction of sp³-hybridized carbons (Fsp3) is 0.263. The summed E-state index contributed by atoms with van der Waals surface area (Å²) in [7, 11) is 1.63. The molecule has 1 N–H and O–H groups in total. The van der Waals surface area contributed by atoms with Crippen LogP contribution >= 0.6 is 23.8 Å². The third kappa shape index (κ3) is 3.40. The molecule has 0 bridgehead atoms. The Morgan fingerprint density at radius 2 is 2.04 bits per heavy atom. The molecule has 4 rings (SSSR count). The highest BCUT2D eigenvalue weighted by atomic mass is 35.5. The number of methoxy groups -OCH3 is 1. The van der Waals surface area contributed by atoms with Crippen molar-refractivity contribution in [1.29, 1.82) is 0 Å². The van der Waals surface area contributed by atoms with Gasteiger partial charge in [-0.1, -0.05) is 35.9 Å². The summed E-state index contributed by atoms with van der Waals surface area (Å²) in [6.45, 7) is 2.57. The molecule has 2 aromatic carbocycles. The maximum atomic E-state index is 6.14. The van der Waals surface area contributed by atoms with Crippen LogP contribution in [0.1, 0.15) is 11.1 Å². The summed E-state index contributed by atoms with van der Waals surface area (Å²) >= 11 is 11.6. The lowest BCUT2D eigenvalue weighted by molar-refractivity contribution is 0.188. The van der Waals surface area contributed by atoms with E-state index in [1.807, 2.05) is 16.8 Å². The normalized spacial score (nSPS) is 14.2. The topological polar surface area (TPSA) is 46.1 Å². The molecule has 1 aliphatic heterocycles. The third-order valence-corrected chi connectivity index (χ3v) is 5.19. The number of nitrogens with zero attached hydrogens (tertiary/aromatic N) is 3. The van der Waals surface area contributed by atoms with Gasteiger partial charge in [0.05, 0.1) is 19.3 Å². The summed E-state index contributed by atoms with van der Waals surface area (Å²) in [6, 6.07) is 14.0. The first-order chi connectivity index (χ1) is 12.6. The van der Waals surface area contributed by atoms with Gasteiger partial charge in [-0.2, -0.15) is 4.98 Å². The lowest BCUT2D eigenvalue weighted by Crippen LogP contribution is -2.32. The standard InChI is InChI=1S/C19H19ClN4OS/c1-25-17-7-6-15(20)10-16(17)18-21-19(26)24(22-18)12-23-9-8-13-4-2-3-5-14(13)11-23/h2-7,10H,8-9,11-12H2,1H3,(H,21,22,26). The summed E-state index contributed by atoms with van der Waals surface area (Å²) < 4.78 is 7.82. The Bertz CT molecular complexity index is 997. The third-order valence-electron chi connectivity index (χ3n) is 4.65. The first-order valence-corrected chi connectivity index (χ1v) is 9.22. The van der Waals surface area contributed by atoms with Crippen molar-refractivity contribution in [2.75, 3.05) is 13.7 Å². The van der Waals surface area contributed by atoms with Gasteiger partial charge in [0.25, 0.3) is 0 Å². The molecule has 3 aromatic rings. The summed E-state index contributed by atoms with van der Waals surface area (Å²) in [5, 5.41) is 3.92. The minimum Gasteiger partial charge on any atom is -0.496 e. The van der Waals surface area contributed by atoms with Crippen LogP contribution in [0.2, 0.25) is 5.02 Å². The van der Waals surface area contributed by atoms with Gasteiger partial charge in [-0.3, -0.25) is 10.00 Å². The van der Waals surface area contributed by atoms with Crippen molar-refractivity contribution in [3.8, 4) is 17.1 Å². The molecule has 0 spiro atoms. The summed E-state index contributed by atoms with van der Waals surface area (Å²) in [4.78, 5) is 6.85. The molecule has 0 atom stereocenters. The number of ether oxygens (including phenoxy) is 1. The zero-order valence-corrected chi connectivity index (χ0v) is 16.0. The predicted octanol–water partition coefficient (Wildman–Crippen LogP) is 4.29. The number of halogens is 1. The molecule has 0 fully saturated rings. The predicted molar refractivity (Wildman–Crippen MR) is 105 cm³/mol. The summed E-state index contributed by atoms with van der Waals surface area (Å²) in [5.41, 5.74) is 3.61. The molecule has 1 aromatic heterocycles. The molecule has 134 valence electrons. The average Bonchev–Trinajstić information content (AvgIpc) is 3.02. The molecule has 0 radical (unpaired) electrons. The van der Waals surface area contributed by atoms with Gasteiger partial charge in [-0.05, 0) is 48.0 Å². The van der Waals surface area contributed by atoms with Crippen molar-refractivity contribution in [2.24, 2.45) is 0 Å². The van der Waals surface area contributed by atoms with Crippen LogP contribution in [0.25, 0.3) is 11.4 Å². The monoisotopic (exact) mass is 386 g/mol. The smallest absolute Gasteiger partial charge is 0.217 e. The number of hydrogen-bond donors (Lipinski definition) is 1. The van der Waals surface area contributed by atoms with E-state index in [2.05, 4.69) is 39.2 Å². The van der Waals surface area contributed by atoms with Crippen molar-refractivity contribution in [3.05, 3.63) is 63.4 Å².